The second kappa shape index (κ2) is 6.21. The van der Waals surface area contributed by atoms with Crippen molar-refractivity contribution in [3.63, 3.8) is 0 Å². The van der Waals surface area contributed by atoms with Crippen molar-refractivity contribution >= 4 is 41.2 Å². The van der Waals surface area contributed by atoms with Crippen LogP contribution in [0.4, 0.5) is 13.2 Å². The van der Waals surface area contributed by atoms with Gasteiger partial charge >= 0.3 is 6.18 Å². The van der Waals surface area contributed by atoms with Gasteiger partial charge < -0.3 is 0 Å². The lowest BCUT2D eigenvalue weighted by atomic mass is 10.2. The predicted octanol–water partition coefficient (Wildman–Crippen LogP) is 4.12. The summed E-state index contributed by atoms with van der Waals surface area (Å²) in [6.07, 6.45) is -5.02. The van der Waals surface area contributed by atoms with Crippen molar-refractivity contribution in [1.82, 2.24) is 0 Å². The number of sulfone groups is 1. The largest absolute Gasteiger partial charge is 0.417 e. The zero-order chi connectivity index (χ0) is 18.3. The van der Waals surface area contributed by atoms with Gasteiger partial charge in [0.25, 0.3) is 9.05 Å². The Hall–Kier alpha value is -1.29. The topological polar surface area (TPSA) is 68.3 Å². The second-order valence-corrected chi connectivity index (χ2v) is 9.47. The molecule has 11 heteroatoms. The molecule has 0 heterocycles. The molecule has 4 nitrogen and oxygen atoms in total. The Kier molecular flexibility index (Phi) is 4.93. The standard InChI is InChI=1S/C13H7Cl2F3O4S2/c14-8-2-1-3-9(6-8)23(19,20)10-4-5-11(13(16,17)18)12(7-10)24(15,21)22/h1-7H. The SMILES string of the molecule is O=S(=O)(Cl)c1cc(S(=O)(=O)c2cccc(Cl)c2)ccc1C(F)(F)F. The van der Waals surface area contributed by atoms with Crippen molar-refractivity contribution in [3.8, 4) is 0 Å². The zero-order valence-corrected chi connectivity index (χ0v) is 14.5. The highest BCUT2D eigenvalue weighted by atomic mass is 35.7. The molecule has 0 N–H and O–H groups in total. The van der Waals surface area contributed by atoms with Gasteiger partial charge in [-0.05, 0) is 36.4 Å². The molecule has 2 aromatic carbocycles. The van der Waals surface area contributed by atoms with Crippen LogP contribution in [-0.2, 0) is 25.1 Å². The third-order valence-corrected chi connectivity index (χ3v) is 6.28. The molecule has 0 aliphatic rings. The van der Waals surface area contributed by atoms with Crippen molar-refractivity contribution in [1.29, 1.82) is 0 Å². The Labute approximate surface area is 145 Å². The van der Waals surface area contributed by atoms with E-state index in [-0.39, 0.29) is 9.92 Å². The Morgan fingerprint density at radius 2 is 1.46 bits per heavy atom. The summed E-state index contributed by atoms with van der Waals surface area (Å²) in [5.41, 5.74) is -1.55. The van der Waals surface area contributed by atoms with E-state index >= 15 is 0 Å². The van der Waals surface area contributed by atoms with Crippen LogP contribution in [0.2, 0.25) is 5.02 Å². The average Bonchev–Trinajstić information content (AvgIpc) is 2.44. The molecule has 2 aromatic rings. The minimum absolute atomic E-state index is 0.0909. The summed E-state index contributed by atoms with van der Waals surface area (Å²) in [6.45, 7) is 0. The van der Waals surface area contributed by atoms with Crippen molar-refractivity contribution < 1.29 is 30.0 Å². The number of alkyl halides is 3. The van der Waals surface area contributed by atoms with Gasteiger partial charge in [-0.15, -0.1) is 0 Å². The first-order valence-corrected chi connectivity index (χ1v) is 10.2. The van der Waals surface area contributed by atoms with Gasteiger partial charge in [0.1, 0.15) is 0 Å². The Bertz CT molecular complexity index is 1000. The number of rotatable bonds is 3. The summed E-state index contributed by atoms with van der Waals surface area (Å²) in [6, 6.07) is 6.39. The molecular weight excluding hydrogens is 412 g/mol. The summed E-state index contributed by atoms with van der Waals surface area (Å²) < 4.78 is 86.4. The van der Waals surface area contributed by atoms with Gasteiger partial charge in [0.2, 0.25) is 9.84 Å². The highest BCUT2D eigenvalue weighted by Crippen LogP contribution is 2.37. The van der Waals surface area contributed by atoms with Gasteiger partial charge in [-0.1, -0.05) is 17.7 Å². The van der Waals surface area contributed by atoms with Crippen LogP contribution in [0.1, 0.15) is 5.56 Å². The molecule has 0 atom stereocenters. The van der Waals surface area contributed by atoms with Crippen LogP contribution in [0.25, 0.3) is 0 Å². The zero-order valence-electron chi connectivity index (χ0n) is 11.4. The van der Waals surface area contributed by atoms with Crippen LogP contribution < -0.4 is 0 Å². The Balaban J connectivity index is 2.74. The number of benzene rings is 2. The minimum Gasteiger partial charge on any atom is -0.219 e. The van der Waals surface area contributed by atoms with Gasteiger partial charge in [0, 0.05) is 15.7 Å². The summed E-state index contributed by atoms with van der Waals surface area (Å²) in [5.74, 6) is 0. The molecule has 0 spiro atoms. The first-order valence-electron chi connectivity index (χ1n) is 6.00. The molecule has 0 aliphatic heterocycles. The molecule has 0 saturated carbocycles. The van der Waals surface area contributed by atoms with Crippen molar-refractivity contribution in [2.75, 3.05) is 0 Å². The average molecular weight is 419 g/mol. The molecule has 24 heavy (non-hydrogen) atoms. The molecule has 0 unspecified atom stereocenters. The fourth-order valence-electron chi connectivity index (χ4n) is 1.88. The molecule has 0 bridgehead atoms. The van der Waals surface area contributed by atoms with E-state index in [1.165, 1.54) is 18.2 Å². The van der Waals surface area contributed by atoms with E-state index in [2.05, 4.69) is 0 Å². The van der Waals surface area contributed by atoms with Gasteiger partial charge in [0.15, 0.2) is 0 Å². The van der Waals surface area contributed by atoms with Crippen LogP contribution >= 0.6 is 22.3 Å². The lowest BCUT2D eigenvalue weighted by Crippen LogP contribution is -2.12. The van der Waals surface area contributed by atoms with E-state index in [0.717, 1.165) is 6.07 Å². The van der Waals surface area contributed by atoms with Gasteiger partial charge in [-0.3, -0.25) is 0 Å². The first kappa shape index (κ1) is 19.0. The monoisotopic (exact) mass is 418 g/mol. The summed E-state index contributed by atoms with van der Waals surface area (Å²) in [4.78, 5) is -2.29. The Morgan fingerprint density at radius 1 is 0.875 bits per heavy atom. The summed E-state index contributed by atoms with van der Waals surface area (Å²) >= 11 is 5.70. The first-order chi connectivity index (χ1) is 10.8. The van der Waals surface area contributed by atoms with Crippen molar-refractivity contribution in [2.24, 2.45) is 0 Å². The number of hydrogen-bond donors (Lipinski definition) is 0. The van der Waals surface area contributed by atoms with E-state index < -0.39 is 40.4 Å². The molecule has 0 aromatic heterocycles. The normalized spacial score (nSPS) is 13.0. The van der Waals surface area contributed by atoms with Gasteiger partial charge in [0.05, 0.1) is 20.2 Å². The second-order valence-electron chi connectivity index (χ2n) is 4.55. The van der Waals surface area contributed by atoms with Crippen LogP contribution in [0.5, 0.6) is 0 Å². The van der Waals surface area contributed by atoms with Crippen LogP contribution in [0.15, 0.2) is 57.2 Å². The molecular formula is C13H7Cl2F3O4S2. The van der Waals surface area contributed by atoms with E-state index in [1.807, 2.05) is 0 Å². The lowest BCUT2D eigenvalue weighted by molar-refractivity contribution is -0.139. The molecule has 2 rings (SSSR count). The fraction of sp³-hybridized carbons (Fsp3) is 0.0769. The maximum Gasteiger partial charge on any atom is 0.417 e. The highest BCUT2D eigenvalue weighted by Gasteiger charge is 2.37. The van der Waals surface area contributed by atoms with Crippen LogP contribution in [0, 0.1) is 0 Å². The third kappa shape index (κ3) is 3.85. The Morgan fingerprint density at radius 3 is 1.96 bits per heavy atom. The van der Waals surface area contributed by atoms with Gasteiger partial charge in [-0.2, -0.15) is 13.2 Å². The molecule has 130 valence electrons. The number of halogens is 5. The maximum atomic E-state index is 12.9. The number of hydrogen-bond acceptors (Lipinski definition) is 4. The fourth-order valence-corrected chi connectivity index (χ4v) is 4.63. The van der Waals surface area contributed by atoms with Crippen molar-refractivity contribution in [2.45, 2.75) is 20.9 Å². The van der Waals surface area contributed by atoms with Crippen LogP contribution in [-0.4, -0.2) is 16.8 Å². The van der Waals surface area contributed by atoms with E-state index in [0.29, 0.717) is 18.2 Å². The summed E-state index contributed by atoms with van der Waals surface area (Å²) in [7, 11) is -4.09. The smallest absolute Gasteiger partial charge is 0.219 e. The highest BCUT2D eigenvalue weighted by molar-refractivity contribution is 8.13. The van der Waals surface area contributed by atoms with Gasteiger partial charge in [-0.25, -0.2) is 16.8 Å². The summed E-state index contributed by atoms with van der Waals surface area (Å²) in [5, 5.41) is 0.0909. The third-order valence-electron chi connectivity index (χ3n) is 2.94. The quantitative estimate of drug-likeness (QED) is 0.703. The molecule has 0 fully saturated rings. The van der Waals surface area contributed by atoms with E-state index in [1.54, 1.807) is 0 Å². The minimum atomic E-state index is -5.02. The lowest BCUT2D eigenvalue weighted by Gasteiger charge is -2.13. The molecule has 0 amide bonds. The predicted molar refractivity (Wildman–Crippen MR) is 81.4 cm³/mol. The molecule has 0 radical (unpaired) electrons. The molecule has 0 aliphatic carbocycles. The van der Waals surface area contributed by atoms with Crippen molar-refractivity contribution in [3.05, 3.63) is 53.1 Å². The molecule has 0 saturated heterocycles. The van der Waals surface area contributed by atoms with E-state index in [9.17, 15) is 30.0 Å². The van der Waals surface area contributed by atoms with E-state index in [4.69, 9.17) is 22.3 Å². The van der Waals surface area contributed by atoms with Crippen LogP contribution in [0.3, 0.4) is 0 Å². The maximum absolute atomic E-state index is 12.9.